The molecule has 3 heterocycles. The molecule has 1 aromatic carbocycles. The van der Waals surface area contributed by atoms with E-state index >= 15 is 0 Å². The lowest BCUT2D eigenvalue weighted by Gasteiger charge is -2.18. The lowest BCUT2D eigenvalue weighted by Crippen LogP contribution is -2.36. The summed E-state index contributed by atoms with van der Waals surface area (Å²) in [5.41, 5.74) is 9.83. The van der Waals surface area contributed by atoms with Gasteiger partial charge in [-0.2, -0.15) is 18.3 Å². The van der Waals surface area contributed by atoms with Gasteiger partial charge in [-0.3, -0.25) is 19.5 Å². The molecule has 12 heteroatoms. The van der Waals surface area contributed by atoms with Gasteiger partial charge >= 0.3 is 6.18 Å². The average molecular weight is 536 g/mol. The number of pyridine rings is 1. The van der Waals surface area contributed by atoms with Crippen molar-refractivity contribution in [1.82, 2.24) is 25.7 Å². The van der Waals surface area contributed by atoms with Crippen LogP contribution in [0.2, 0.25) is 0 Å². The molecule has 0 fully saturated rings. The lowest BCUT2D eigenvalue weighted by atomic mass is 10.1. The summed E-state index contributed by atoms with van der Waals surface area (Å²) < 4.78 is 41.7. The molecule has 0 bridgehead atoms. The van der Waals surface area contributed by atoms with Crippen LogP contribution in [0.25, 0.3) is 5.70 Å². The number of amides is 1. The number of rotatable bonds is 4. The first kappa shape index (κ1) is 23.8. The van der Waals surface area contributed by atoms with E-state index in [-0.39, 0.29) is 15.7 Å². The second-order valence-electron chi connectivity index (χ2n) is 7.83. The van der Waals surface area contributed by atoms with Gasteiger partial charge in [-0.25, -0.2) is 0 Å². The van der Waals surface area contributed by atoms with Crippen molar-refractivity contribution in [2.24, 2.45) is 7.05 Å². The van der Waals surface area contributed by atoms with E-state index in [1.807, 2.05) is 20.2 Å². The number of alkyl halides is 3. The van der Waals surface area contributed by atoms with Gasteiger partial charge in [0.2, 0.25) is 0 Å². The minimum absolute atomic E-state index is 0.0593. The Hall–Kier alpha value is -3.38. The van der Waals surface area contributed by atoms with Gasteiger partial charge in [0, 0.05) is 40.9 Å². The van der Waals surface area contributed by atoms with Crippen LogP contribution < -0.4 is 21.3 Å². The molecule has 0 aliphatic carbocycles. The Kier molecular flexibility index (Phi) is 6.13. The third-order valence-corrected chi connectivity index (χ3v) is 6.42. The minimum Gasteiger partial charge on any atom is -0.322 e. The molecule has 1 amide bonds. The predicted molar refractivity (Wildman–Crippen MR) is 125 cm³/mol. The lowest BCUT2D eigenvalue weighted by molar-refractivity contribution is -0.137. The summed E-state index contributed by atoms with van der Waals surface area (Å²) in [6.07, 6.45) is 0.387. The van der Waals surface area contributed by atoms with Gasteiger partial charge in [-0.05, 0) is 44.5 Å². The van der Waals surface area contributed by atoms with Crippen molar-refractivity contribution < 1.29 is 18.0 Å². The predicted octanol–water partition coefficient (Wildman–Crippen LogP) is 4.60. The molecule has 3 N–H and O–H groups in total. The van der Waals surface area contributed by atoms with E-state index in [1.54, 1.807) is 35.8 Å². The topological polar surface area (TPSA) is 87.1 Å². The average Bonchev–Trinajstić information content (AvgIpc) is 3.37. The summed E-state index contributed by atoms with van der Waals surface area (Å²) in [6, 6.07) is 3.51. The number of aromatic nitrogens is 3. The molecular weight excluding hydrogens is 515 g/mol. The first-order chi connectivity index (χ1) is 16.0. The molecular formula is C22H21BrF3N7O. The molecule has 178 valence electrons. The highest BCUT2D eigenvalue weighted by Crippen LogP contribution is 2.36. The Morgan fingerprint density at radius 2 is 1.88 bits per heavy atom. The number of nitrogens with zero attached hydrogens (tertiary/aromatic N) is 4. The third kappa shape index (κ3) is 4.50. The van der Waals surface area contributed by atoms with E-state index in [2.05, 4.69) is 42.3 Å². The molecule has 0 radical (unpaired) electrons. The fourth-order valence-corrected chi connectivity index (χ4v) is 3.86. The third-order valence-electron chi connectivity index (χ3n) is 5.60. The molecule has 1 aliphatic heterocycles. The zero-order chi connectivity index (χ0) is 24.8. The number of carbonyl (C=O) groups excluding carboxylic acids is 1. The van der Waals surface area contributed by atoms with Crippen LogP contribution in [0, 0.1) is 20.8 Å². The molecule has 34 heavy (non-hydrogen) atoms. The van der Waals surface area contributed by atoms with E-state index in [1.165, 1.54) is 6.20 Å². The van der Waals surface area contributed by atoms with Crippen LogP contribution in [-0.4, -0.2) is 20.7 Å². The van der Waals surface area contributed by atoms with Crippen molar-refractivity contribution in [3.8, 4) is 0 Å². The fourth-order valence-electron chi connectivity index (χ4n) is 3.40. The number of halogens is 4. The number of hydrogen-bond acceptors (Lipinski definition) is 6. The van der Waals surface area contributed by atoms with Crippen molar-refractivity contribution in [3.05, 3.63) is 74.9 Å². The zero-order valence-electron chi connectivity index (χ0n) is 18.7. The monoisotopic (exact) mass is 535 g/mol. The normalized spacial score (nSPS) is 13.6. The van der Waals surface area contributed by atoms with Gasteiger partial charge in [0.15, 0.2) is 0 Å². The maximum Gasteiger partial charge on any atom is 0.416 e. The summed E-state index contributed by atoms with van der Waals surface area (Å²) in [4.78, 5) is 17.2. The number of nitrogens with one attached hydrogen (secondary N) is 3. The number of anilines is 2. The Balaban J connectivity index is 1.61. The molecule has 0 saturated heterocycles. The second-order valence-corrected chi connectivity index (χ2v) is 8.68. The summed E-state index contributed by atoms with van der Waals surface area (Å²) >= 11 is 3.13. The first-order valence-corrected chi connectivity index (χ1v) is 10.9. The quantitative estimate of drug-likeness (QED) is 0.452. The molecule has 0 spiro atoms. The van der Waals surface area contributed by atoms with Crippen molar-refractivity contribution in [2.75, 3.05) is 10.3 Å². The molecule has 0 unspecified atom stereocenters. The highest BCUT2D eigenvalue weighted by Gasteiger charge is 2.32. The van der Waals surface area contributed by atoms with Gasteiger partial charge in [0.1, 0.15) is 0 Å². The van der Waals surface area contributed by atoms with Crippen LogP contribution in [0.1, 0.15) is 38.4 Å². The van der Waals surface area contributed by atoms with E-state index in [0.29, 0.717) is 16.9 Å². The molecule has 1 aliphatic rings. The Morgan fingerprint density at radius 1 is 1.15 bits per heavy atom. The van der Waals surface area contributed by atoms with Crippen LogP contribution in [0.4, 0.5) is 24.5 Å². The molecule has 3 aromatic rings. The molecule has 4 rings (SSSR count). The summed E-state index contributed by atoms with van der Waals surface area (Å²) in [6.45, 7) is 5.35. The maximum atomic E-state index is 13.2. The number of hydrogen-bond donors (Lipinski definition) is 3. The SMILES string of the molecule is Cc1ncc(C(=O)Nc2cc(C(F)(F)F)cc(Br)c2C)cc1N1C=C(c2cnn(C)c2C)NN1. The van der Waals surface area contributed by atoms with E-state index in [4.69, 9.17) is 0 Å². The first-order valence-electron chi connectivity index (χ1n) is 10.1. The second kappa shape index (κ2) is 8.76. The van der Waals surface area contributed by atoms with Crippen molar-refractivity contribution in [2.45, 2.75) is 26.9 Å². The number of benzene rings is 1. The van der Waals surface area contributed by atoms with Crippen LogP contribution in [-0.2, 0) is 13.2 Å². The summed E-state index contributed by atoms with van der Waals surface area (Å²) in [7, 11) is 1.85. The van der Waals surface area contributed by atoms with E-state index in [9.17, 15) is 18.0 Å². The molecule has 0 saturated carbocycles. The van der Waals surface area contributed by atoms with Gasteiger partial charge in [-0.1, -0.05) is 15.9 Å². The smallest absolute Gasteiger partial charge is 0.322 e. The van der Waals surface area contributed by atoms with E-state index < -0.39 is 17.6 Å². The zero-order valence-corrected chi connectivity index (χ0v) is 20.3. The van der Waals surface area contributed by atoms with Gasteiger partial charge < -0.3 is 10.7 Å². The van der Waals surface area contributed by atoms with Crippen molar-refractivity contribution in [1.29, 1.82) is 0 Å². The Labute approximate surface area is 201 Å². The highest BCUT2D eigenvalue weighted by molar-refractivity contribution is 9.10. The van der Waals surface area contributed by atoms with Crippen molar-refractivity contribution in [3.63, 3.8) is 0 Å². The highest BCUT2D eigenvalue weighted by atomic mass is 79.9. The number of aryl methyl sites for hydroxylation is 2. The minimum atomic E-state index is -4.54. The number of hydrazine groups is 2. The molecule has 8 nitrogen and oxygen atoms in total. The molecule has 0 atom stereocenters. The van der Waals surface area contributed by atoms with Gasteiger partial charge in [-0.15, -0.1) is 5.53 Å². The van der Waals surface area contributed by atoms with Crippen molar-refractivity contribution >= 4 is 38.9 Å². The maximum absolute atomic E-state index is 13.2. The van der Waals surface area contributed by atoms with Crippen LogP contribution in [0.3, 0.4) is 0 Å². The van der Waals surface area contributed by atoms with Gasteiger partial charge in [0.05, 0.1) is 34.4 Å². The van der Waals surface area contributed by atoms with Crippen LogP contribution in [0.15, 0.2) is 41.3 Å². The molecule has 2 aromatic heterocycles. The summed E-state index contributed by atoms with van der Waals surface area (Å²) in [5.74, 6) is -0.581. The van der Waals surface area contributed by atoms with E-state index in [0.717, 1.165) is 29.1 Å². The van der Waals surface area contributed by atoms with Crippen LogP contribution >= 0.6 is 15.9 Å². The van der Waals surface area contributed by atoms with Crippen LogP contribution in [0.5, 0.6) is 0 Å². The Bertz CT molecular complexity index is 1320. The Morgan fingerprint density at radius 3 is 2.53 bits per heavy atom. The largest absolute Gasteiger partial charge is 0.416 e. The number of carbonyl (C=O) groups is 1. The van der Waals surface area contributed by atoms with Gasteiger partial charge in [0.25, 0.3) is 5.91 Å². The standard InChI is InChI=1S/C22H21BrF3N7O/c1-11-17(23)6-15(22(24,25)26)7-18(11)29-21(34)14-5-20(12(2)27-8-14)33-10-19(30-31-33)16-9-28-32(4)13(16)3/h5-10,30-31H,1-4H3,(H,29,34). The summed E-state index contributed by atoms with van der Waals surface area (Å²) in [5, 5.41) is 8.48. The fraction of sp³-hybridized carbons (Fsp3) is 0.227.